The number of amides is 1. The van der Waals surface area contributed by atoms with Crippen LogP contribution in [0.3, 0.4) is 0 Å². The molecule has 3 aromatic heterocycles. The van der Waals surface area contributed by atoms with E-state index in [1.807, 2.05) is 60.2 Å². The van der Waals surface area contributed by atoms with E-state index in [2.05, 4.69) is 33.5 Å². The van der Waals surface area contributed by atoms with Crippen LogP contribution >= 0.6 is 11.3 Å². The van der Waals surface area contributed by atoms with E-state index in [4.69, 9.17) is 5.73 Å². The molecule has 0 unspecified atom stereocenters. The van der Waals surface area contributed by atoms with Gasteiger partial charge in [-0.05, 0) is 54.4 Å². The molecule has 0 aliphatic carbocycles. The summed E-state index contributed by atoms with van der Waals surface area (Å²) in [4.78, 5) is 22.6. The summed E-state index contributed by atoms with van der Waals surface area (Å²) in [6.07, 6.45) is 3.43. The van der Waals surface area contributed by atoms with Crippen molar-refractivity contribution in [2.75, 3.05) is 11.1 Å². The highest BCUT2D eigenvalue weighted by molar-refractivity contribution is 7.14. The number of aryl methyl sites for hydroxylation is 1. The normalized spacial score (nSPS) is 11.0. The Morgan fingerprint density at radius 2 is 1.87 bits per heavy atom. The molecular weight excluding hydrogens is 406 g/mol. The highest BCUT2D eigenvalue weighted by Crippen LogP contribution is 2.29. The first kappa shape index (κ1) is 19.0. The molecule has 0 saturated heterocycles. The third-order valence-corrected chi connectivity index (χ3v) is 6.03. The first-order chi connectivity index (χ1) is 15.1. The largest absolute Gasteiger partial charge is 0.384 e. The Labute approximate surface area is 183 Å². The third-order valence-electron chi connectivity index (χ3n) is 5.03. The zero-order valence-corrected chi connectivity index (χ0v) is 17.6. The van der Waals surface area contributed by atoms with Gasteiger partial charge in [0.1, 0.15) is 18.0 Å². The molecule has 0 spiro atoms. The van der Waals surface area contributed by atoms with Gasteiger partial charge in [0.2, 0.25) is 0 Å². The van der Waals surface area contributed by atoms with E-state index in [-0.39, 0.29) is 5.91 Å². The summed E-state index contributed by atoms with van der Waals surface area (Å²) in [7, 11) is 0. The lowest BCUT2D eigenvalue weighted by molar-refractivity contribution is 0.103. The van der Waals surface area contributed by atoms with Gasteiger partial charge >= 0.3 is 0 Å². The van der Waals surface area contributed by atoms with Gasteiger partial charge in [-0.2, -0.15) is 0 Å². The number of nitrogen functional groups attached to an aromatic ring is 1. The average Bonchev–Trinajstić information content (AvgIpc) is 3.40. The fourth-order valence-electron chi connectivity index (χ4n) is 3.53. The van der Waals surface area contributed by atoms with Crippen LogP contribution in [-0.4, -0.2) is 20.4 Å². The summed E-state index contributed by atoms with van der Waals surface area (Å²) in [6, 6.07) is 21.7. The number of rotatable bonds is 4. The standard InChI is InChI=1S/C24H19N5OS/c1-15-5-8-21(31-15)24(30)28-19-4-2-3-17(11-19)18-7-6-16-9-10-29(20(16)12-18)23-13-22(25)26-14-27-23/h2-14H,1H3,(H,28,30)(H2,25,26,27). The summed E-state index contributed by atoms with van der Waals surface area (Å²) >= 11 is 1.48. The highest BCUT2D eigenvalue weighted by Gasteiger charge is 2.10. The Bertz CT molecular complexity index is 1420. The van der Waals surface area contributed by atoms with Crippen molar-refractivity contribution in [3.8, 4) is 16.9 Å². The molecule has 3 heterocycles. The van der Waals surface area contributed by atoms with Crippen LogP contribution in [0.1, 0.15) is 14.5 Å². The van der Waals surface area contributed by atoms with Gasteiger partial charge in [0.05, 0.1) is 10.4 Å². The predicted molar refractivity (Wildman–Crippen MR) is 126 cm³/mol. The molecule has 152 valence electrons. The number of hydrogen-bond donors (Lipinski definition) is 2. The molecule has 0 radical (unpaired) electrons. The van der Waals surface area contributed by atoms with Crippen molar-refractivity contribution in [2.45, 2.75) is 6.92 Å². The molecule has 1 amide bonds. The number of benzene rings is 2. The molecular formula is C24H19N5OS. The van der Waals surface area contributed by atoms with Crippen LogP contribution < -0.4 is 11.1 Å². The maximum Gasteiger partial charge on any atom is 0.265 e. The first-order valence-corrected chi connectivity index (χ1v) is 10.6. The molecule has 6 nitrogen and oxygen atoms in total. The number of fused-ring (bicyclic) bond motifs is 1. The van der Waals surface area contributed by atoms with Gasteiger partial charge in [0.25, 0.3) is 5.91 Å². The number of anilines is 2. The van der Waals surface area contributed by atoms with E-state index >= 15 is 0 Å². The fraction of sp³-hybridized carbons (Fsp3) is 0.0417. The second-order valence-electron chi connectivity index (χ2n) is 7.21. The van der Waals surface area contributed by atoms with E-state index < -0.39 is 0 Å². The number of carbonyl (C=O) groups excluding carboxylic acids is 1. The van der Waals surface area contributed by atoms with E-state index in [1.54, 1.807) is 6.07 Å². The molecule has 0 bridgehead atoms. The van der Waals surface area contributed by atoms with Crippen molar-refractivity contribution in [3.63, 3.8) is 0 Å². The summed E-state index contributed by atoms with van der Waals surface area (Å²) in [5.74, 6) is 1.04. The van der Waals surface area contributed by atoms with E-state index in [0.717, 1.165) is 32.6 Å². The molecule has 0 fully saturated rings. The average molecular weight is 426 g/mol. The summed E-state index contributed by atoms with van der Waals surface area (Å²) in [5, 5.41) is 4.09. The second kappa shape index (κ2) is 7.70. The molecule has 0 atom stereocenters. The van der Waals surface area contributed by atoms with Crippen molar-refractivity contribution in [2.24, 2.45) is 0 Å². The van der Waals surface area contributed by atoms with Crippen LogP contribution in [0.4, 0.5) is 11.5 Å². The zero-order valence-electron chi connectivity index (χ0n) is 16.7. The number of thiophene rings is 1. The lowest BCUT2D eigenvalue weighted by Gasteiger charge is -2.09. The third kappa shape index (κ3) is 3.78. The van der Waals surface area contributed by atoms with E-state index in [1.165, 1.54) is 17.7 Å². The maximum atomic E-state index is 12.5. The Morgan fingerprint density at radius 1 is 1.00 bits per heavy atom. The summed E-state index contributed by atoms with van der Waals surface area (Å²) in [5.41, 5.74) is 9.65. The van der Waals surface area contributed by atoms with E-state index in [0.29, 0.717) is 16.5 Å². The van der Waals surface area contributed by atoms with Crippen LogP contribution in [0.25, 0.3) is 27.8 Å². The monoisotopic (exact) mass is 425 g/mol. The second-order valence-corrected chi connectivity index (χ2v) is 8.49. The van der Waals surface area contributed by atoms with Crippen LogP contribution in [0.5, 0.6) is 0 Å². The highest BCUT2D eigenvalue weighted by atomic mass is 32.1. The molecule has 5 aromatic rings. The zero-order chi connectivity index (χ0) is 21.4. The maximum absolute atomic E-state index is 12.5. The quantitative estimate of drug-likeness (QED) is 0.410. The van der Waals surface area contributed by atoms with Crippen LogP contribution in [0.15, 0.2) is 79.3 Å². The van der Waals surface area contributed by atoms with Gasteiger partial charge in [0, 0.05) is 28.2 Å². The minimum absolute atomic E-state index is 0.0964. The van der Waals surface area contributed by atoms with Crippen LogP contribution in [0.2, 0.25) is 0 Å². The van der Waals surface area contributed by atoms with Gasteiger partial charge in [-0.15, -0.1) is 11.3 Å². The van der Waals surface area contributed by atoms with Gasteiger partial charge in [-0.25, -0.2) is 9.97 Å². The first-order valence-electron chi connectivity index (χ1n) is 9.74. The molecule has 3 N–H and O–H groups in total. The number of hydrogen-bond acceptors (Lipinski definition) is 5. The van der Waals surface area contributed by atoms with Crippen molar-refractivity contribution in [3.05, 3.63) is 89.0 Å². The number of aromatic nitrogens is 3. The fourth-order valence-corrected chi connectivity index (χ4v) is 4.29. The Morgan fingerprint density at radius 3 is 2.68 bits per heavy atom. The SMILES string of the molecule is Cc1ccc(C(=O)Nc2cccc(-c3ccc4ccn(-c5cc(N)ncn5)c4c3)c2)s1. The van der Waals surface area contributed by atoms with Gasteiger partial charge in [-0.1, -0.05) is 24.3 Å². The van der Waals surface area contributed by atoms with Crippen molar-refractivity contribution in [1.82, 2.24) is 14.5 Å². The summed E-state index contributed by atoms with van der Waals surface area (Å²) in [6.45, 7) is 1.99. The van der Waals surface area contributed by atoms with Crippen molar-refractivity contribution >= 4 is 39.7 Å². The predicted octanol–water partition coefficient (Wildman–Crippen LogP) is 5.29. The summed E-state index contributed by atoms with van der Waals surface area (Å²) < 4.78 is 1.99. The number of nitrogens with zero attached hydrogens (tertiary/aromatic N) is 3. The Kier molecular flexibility index (Phi) is 4.72. The molecule has 0 saturated carbocycles. The number of nitrogens with two attached hydrogens (primary N) is 1. The number of nitrogens with one attached hydrogen (secondary N) is 1. The topological polar surface area (TPSA) is 85.8 Å². The molecule has 7 heteroatoms. The van der Waals surface area contributed by atoms with Crippen molar-refractivity contribution < 1.29 is 4.79 Å². The van der Waals surface area contributed by atoms with Crippen LogP contribution in [0, 0.1) is 6.92 Å². The number of carbonyl (C=O) groups is 1. The lowest BCUT2D eigenvalue weighted by atomic mass is 10.0. The molecule has 5 rings (SSSR count). The van der Waals surface area contributed by atoms with Gasteiger partial charge in [0.15, 0.2) is 0 Å². The molecule has 31 heavy (non-hydrogen) atoms. The molecule has 0 aliphatic heterocycles. The smallest absolute Gasteiger partial charge is 0.265 e. The Hall–Kier alpha value is -3.97. The minimum Gasteiger partial charge on any atom is -0.384 e. The van der Waals surface area contributed by atoms with Crippen LogP contribution in [-0.2, 0) is 0 Å². The Balaban J connectivity index is 1.49. The molecule has 0 aliphatic rings. The van der Waals surface area contributed by atoms with E-state index in [9.17, 15) is 4.79 Å². The lowest BCUT2D eigenvalue weighted by Crippen LogP contribution is -2.09. The van der Waals surface area contributed by atoms with Gasteiger partial charge in [-0.3, -0.25) is 4.79 Å². The van der Waals surface area contributed by atoms with Gasteiger partial charge < -0.3 is 15.6 Å². The minimum atomic E-state index is -0.0964. The van der Waals surface area contributed by atoms with Crippen molar-refractivity contribution in [1.29, 1.82) is 0 Å². The molecule has 2 aromatic carbocycles.